The van der Waals surface area contributed by atoms with Gasteiger partial charge in [0.25, 0.3) is 0 Å². The third kappa shape index (κ3) is 4.18. The monoisotopic (exact) mass is 213 g/mol. The maximum absolute atomic E-state index is 11.7. The number of amides is 1. The fourth-order valence-electron chi connectivity index (χ4n) is 1.46. The summed E-state index contributed by atoms with van der Waals surface area (Å²) >= 11 is 0. The lowest BCUT2D eigenvalue weighted by molar-refractivity contribution is -0.131. The van der Waals surface area contributed by atoms with Crippen molar-refractivity contribution in [1.29, 1.82) is 0 Å². The smallest absolute Gasteiger partial charge is 0.222 e. The Kier molecular flexibility index (Phi) is 4.39. The zero-order valence-corrected chi connectivity index (χ0v) is 9.15. The Morgan fingerprint density at radius 2 is 2.27 bits per heavy atom. The van der Waals surface area contributed by atoms with Crippen molar-refractivity contribution in [3.8, 4) is 0 Å². The van der Waals surface area contributed by atoms with Crippen molar-refractivity contribution >= 4 is 11.7 Å². The molecule has 1 aliphatic rings. The Hall–Kier alpha value is -1.26. The van der Waals surface area contributed by atoms with Gasteiger partial charge in [0.15, 0.2) is 0 Å². The molecule has 0 heterocycles. The van der Waals surface area contributed by atoms with Crippen molar-refractivity contribution in [2.24, 2.45) is 16.8 Å². The molecular formula is C10H19N3O2. The lowest BCUT2D eigenvalue weighted by Crippen LogP contribution is -2.34. The van der Waals surface area contributed by atoms with Crippen LogP contribution in [0.1, 0.15) is 32.6 Å². The Morgan fingerprint density at radius 3 is 2.73 bits per heavy atom. The minimum absolute atomic E-state index is 0.174. The van der Waals surface area contributed by atoms with E-state index in [1.165, 1.54) is 12.8 Å². The van der Waals surface area contributed by atoms with Crippen LogP contribution in [0.4, 0.5) is 0 Å². The van der Waals surface area contributed by atoms with Gasteiger partial charge < -0.3 is 15.8 Å². The number of nitrogens with zero attached hydrogens (tertiary/aromatic N) is 2. The third-order valence-corrected chi connectivity index (χ3v) is 2.66. The molecule has 1 amide bonds. The molecule has 3 N–H and O–H groups in total. The van der Waals surface area contributed by atoms with Gasteiger partial charge in [0.2, 0.25) is 5.91 Å². The van der Waals surface area contributed by atoms with Gasteiger partial charge in [-0.3, -0.25) is 4.79 Å². The molecule has 1 saturated carbocycles. The molecule has 5 nitrogen and oxygen atoms in total. The average Bonchev–Trinajstić information content (AvgIpc) is 3.02. The highest BCUT2D eigenvalue weighted by atomic mass is 16.4. The highest BCUT2D eigenvalue weighted by molar-refractivity contribution is 5.81. The van der Waals surface area contributed by atoms with Crippen LogP contribution < -0.4 is 5.73 Å². The van der Waals surface area contributed by atoms with Gasteiger partial charge in [0.1, 0.15) is 5.84 Å². The van der Waals surface area contributed by atoms with Gasteiger partial charge in [0, 0.05) is 25.9 Å². The summed E-state index contributed by atoms with van der Waals surface area (Å²) in [4.78, 5) is 13.5. The summed E-state index contributed by atoms with van der Waals surface area (Å²) in [6.45, 7) is 3.17. The van der Waals surface area contributed by atoms with Crippen molar-refractivity contribution in [1.82, 2.24) is 4.90 Å². The van der Waals surface area contributed by atoms with Gasteiger partial charge in [-0.25, -0.2) is 0 Å². The van der Waals surface area contributed by atoms with Crippen LogP contribution in [0.15, 0.2) is 5.16 Å². The van der Waals surface area contributed by atoms with Crippen LogP contribution in [0.2, 0.25) is 0 Å². The zero-order chi connectivity index (χ0) is 11.3. The van der Waals surface area contributed by atoms with E-state index in [-0.39, 0.29) is 11.7 Å². The first-order chi connectivity index (χ1) is 7.17. The SMILES string of the molecule is CCN(CCC(N)=NO)C(=O)CC1CC1. The molecule has 15 heavy (non-hydrogen) atoms. The first-order valence-electron chi connectivity index (χ1n) is 5.41. The summed E-state index contributed by atoms with van der Waals surface area (Å²) in [6, 6.07) is 0. The summed E-state index contributed by atoms with van der Waals surface area (Å²) in [5.74, 6) is 0.966. The molecule has 0 aromatic heterocycles. The summed E-state index contributed by atoms with van der Waals surface area (Å²) in [5.41, 5.74) is 5.35. The molecule has 5 heteroatoms. The van der Waals surface area contributed by atoms with Crippen LogP contribution in [-0.4, -0.2) is 34.9 Å². The molecule has 0 bridgehead atoms. The van der Waals surface area contributed by atoms with Crippen LogP contribution in [0.5, 0.6) is 0 Å². The molecule has 1 aliphatic carbocycles. The second-order valence-electron chi connectivity index (χ2n) is 3.96. The van der Waals surface area contributed by atoms with Gasteiger partial charge in [0.05, 0.1) is 0 Å². The van der Waals surface area contributed by atoms with Gasteiger partial charge in [-0.05, 0) is 25.7 Å². The maximum Gasteiger partial charge on any atom is 0.222 e. The lowest BCUT2D eigenvalue weighted by Gasteiger charge is -2.20. The maximum atomic E-state index is 11.7. The van der Waals surface area contributed by atoms with Gasteiger partial charge >= 0.3 is 0 Å². The number of hydrogen-bond acceptors (Lipinski definition) is 3. The van der Waals surface area contributed by atoms with E-state index in [0.717, 1.165) is 0 Å². The number of carbonyl (C=O) groups is 1. The second kappa shape index (κ2) is 5.58. The summed E-state index contributed by atoms with van der Waals surface area (Å²) in [6.07, 6.45) is 3.46. The number of nitrogens with two attached hydrogens (primary N) is 1. The molecule has 1 fully saturated rings. The van der Waals surface area contributed by atoms with E-state index in [4.69, 9.17) is 10.9 Å². The Balaban J connectivity index is 2.29. The molecule has 0 spiro atoms. The molecule has 0 aliphatic heterocycles. The van der Waals surface area contributed by atoms with Crippen LogP contribution in [0.25, 0.3) is 0 Å². The number of oxime groups is 1. The van der Waals surface area contributed by atoms with Crippen LogP contribution in [-0.2, 0) is 4.79 Å². The quantitative estimate of drug-likeness (QED) is 0.296. The highest BCUT2D eigenvalue weighted by Gasteiger charge is 2.26. The highest BCUT2D eigenvalue weighted by Crippen LogP contribution is 2.32. The van der Waals surface area contributed by atoms with E-state index < -0.39 is 0 Å². The Morgan fingerprint density at radius 1 is 1.60 bits per heavy atom. The number of carbonyl (C=O) groups excluding carboxylic acids is 1. The molecular weight excluding hydrogens is 194 g/mol. The van der Waals surface area contributed by atoms with E-state index in [1.807, 2.05) is 6.92 Å². The van der Waals surface area contributed by atoms with Crippen molar-refractivity contribution in [2.75, 3.05) is 13.1 Å². The predicted octanol–water partition coefficient (Wildman–Crippen LogP) is 0.771. The molecule has 0 radical (unpaired) electrons. The van der Waals surface area contributed by atoms with Crippen LogP contribution >= 0.6 is 0 Å². The molecule has 0 atom stereocenters. The fourth-order valence-corrected chi connectivity index (χ4v) is 1.46. The van der Waals surface area contributed by atoms with E-state index in [1.54, 1.807) is 4.90 Å². The molecule has 0 aromatic rings. The van der Waals surface area contributed by atoms with Crippen molar-refractivity contribution < 1.29 is 10.0 Å². The van der Waals surface area contributed by atoms with E-state index in [9.17, 15) is 4.79 Å². The normalized spacial score (nSPS) is 16.5. The van der Waals surface area contributed by atoms with E-state index >= 15 is 0 Å². The average molecular weight is 213 g/mol. The summed E-state index contributed by atoms with van der Waals surface area (Å²) < 4.78 is 0. The lowest BCUT2D eigenvalue weighted by atomic mass is 10.2. The van der Waals surface area contributed by atoms with E-state index in [0.29, 0.717) is 31.8 Å². The predicted molar refractivity (Wildman–Crippen MR) is 57.6 cm³/mol. The second-order valence-corrected chi connectivity index (χ2v) is 3.96. The molecule has 0 aromatic carbocycles. The molecule has 86 valence electrons. The van der Waals surface area contributed by atoms with Crippen molar-refractivity contribution in [2.45, 2.75) is 32.6 Å². The summed E-state index contributed by atoms with van der Waals surface area (Å²) in [7, 11) is 0. The third-order valence-electron chi connectivity index (χ3n) is 2.66. The molecule has 0 saturated heterocycles. The number of amidine groups is 1. The van der Waals surface area contributed by atoms with Gasteiger partial charge in [-0.2, -0.15) is 0 Å². The van der Waals surface area contributed by atoms with Gasteiger partial charge in [-0.15, -0.1) is 0 Å². The minimum atomic E-state index is 0.174. The Labute approximate surface area is 89.9 Å². The first-order valence-corrected chi connectivity index (χ1v) is 5.41. The standard InChI is InChI=1S/C10H19N3O2/c1-2-13(6-5-9(11)12-15)10(14)7-8-3-4-8/h8,15H,2-7H2,1H3,(H2,11,12). The zero-order valence-electron chi connectivity index (χ0n) is 9.15. The Bertz CT molecular complexity index is 249. The fraction of sp³-hybridized carbons (Fsp3) is 0.800. The first kappa shape index (κ1) is 11.8. The van der Waals surface area contributed by atoms with Crippen LogP contribution in [0, 0.1) is 5.92 Å². The number of rotatable bonds is 6. The minimum Gasteiger partial charge on any atom is -0.409 e. The van der Waals surface area contributed by atoms with Crippen molar-refractivity contribution in [3.63, 3.8) is 0 Å². The van der Waals surface area contributed by atoms with Crippen LogP contribution in [0.3, 0.4) is 0 Å². The number of hydrogen-bond donors (Lipinski definition) is 2. The van der Waals surface area contributed by atoms with Gasteiger partial charge in [-0.1, -0.05) is 5.16 Å². The topological polar surface area (TPSA) is 78.9 Å². The summed E-state index contributed by atoms with van der Waals surface area (Å²) in [5, 5.41) is 11.3. The van der Waals surface area contributed by atoms with Crippen molar-refractivity contribution in [3.05, 3.63) is 0 Å². The molecule has 0 unspecified atom stereocenters. The van der Waals surface area contributed by atoms with E-state index in [2.05, 4.69) is 5.16 Å². The largest absolute Gasteiger partial charge is 0.409 e. The molecule has 1 rings (SSSR count).